The summed E-state index contributed by atoms with van der Waals surface area (Å²) in [5, 5.41) is 2.14. The van der Waals surface area contributed by atoms with E-state index < -0.39 is 19.7 Å². The standard InChI is InChI=1S/C24H32N7O5P/c1-16(2)10-20(29-35-12-17-6-4-3-5-7-17)24(32)30-37(33,34)36-13-18-8-9-19(11-18)31-15-28-21-22(25)26-14-27-23(21)31/h3-9,14-16,18-20,29H,10-13H2,1-2H3,(H2,25,26,27)(H2,30,32,33,34)/t18-,19+,20-/m0/s1. The number of nitrogens with two attached hydrogens (primary N) is 1. The van der Waals surface area contributed by atoms with Crippen LogP contribution in [-0.4, -0.2) is 43.0 Å². The maximum absolute atomic E-state index is 12.8. The van der Waals surface area contributed by atoms with Gasteiger partial charge in [-0.15, -0.1) is 0 Å². The van der Waals surface area contributed by atoms with E-state index in [9.17, 15) is 14.3 Å². The van der Waals surface area contributed by atoms with Crippen LogP contribution in [0.25, 0.3) is 11.2 Å². The van der Waals surface area contributed by atoms with Crippen molar-refractivity contribution in [2.24, 2.45) is 11.8 Å². The minimum atomic E-state index is -4.40. The third-order valence-corrected chi connectivity index (χ3v) is 6.94. The van der Waals surface area contributed by atoms with Crippen molar-refractivity contribution in [1.29, 1.82) is 0 Å². The molecule has 4 rings (SSSR count). The van der Waals surface area contributed by atoms with E-state index in [1.54, 1.807) is 6.33 Å². The number of allylic oxidation sites excluding steroid dienone is 1. The molecule has 4 atom stereocenters. The molecular weight excluding hydrogens is 497 g/mol. The molecule has 1 amide bonds. The fourth-order valence-electron chi connectivity index (χ4n) is 4.12. The van der Waals surface area contributed by atoms with Crippen molar-refractivity contribution in [1.82, 2.24) is 30.1 Å². The number of aromatic nitrogens is 4. The Bertz CT molecular complexity index is 1280. The number of benzene rings is 1. The van der Waals surface area contributed by atoms with Gasteiger partial charge in [-0.3, -0.25) is 19.2 Å². The Balaban J connectivity index is 1.28. The van der Waals surface area contributed by atoms with E-state index in [1.165, 1.54) is 6.33 Å². The van der Waals surface area contributed by atoms with Crippen molar-refractivity contribution in [2.45, 2.75) is 45.4 Å². The molecule has 2 aromatic heterocycles. The molecule has 13 heteroatoms. The Hall–Kier alpha value is -3.15. The lowest BCUT2D eigenvalue weighted by Crippen LogP contribution is -2.44. The van der Waals surface area contributed by atoms with Crippen LogP contribution in [0.5, 0.6) is 0 Å². The van der Waals surface area contributed by atoms with Crippen LogP contribution in [0.2, 0.25) is 0 Å². The molecule has 2 heterocycles. The second-order valence-corrected chi connectivity index (χ2v) is 10.9. The Morgan fingerprint density at radius 2 is 2.03 bits per heavy atom. The Labute approximate surface area is 214 Å². The van der Waals surface area contributed by atoms with Gasteiger partial charge in [-0.05, 0) is 24.3 Å². The first-order valence-electron chi connectivity index (χ1n) is 12.0. The van der Waals surface area contributed by atoms with Crippen LogP contribution < -0.4 is 16.3 Å². The number of rotatable bonds is 12. The Kier molecular flexibility index (Phi) is 8.67. The van der Waals surface area contributed by atoms with Crippen molar-refractivity contribution in [3.8, 4) is 0 Å². The van der Waals surface area contributed by atoms with Crippen LogP contribution in [0.4, 0.5) is 5.82 Å². The highest BCUT2D eigenvalue weighted by molar-refractivity contribution is 7.51. The number of nitrogens with zero attached hydrogens (tertiary/aromatic N) is 4. The first kappa shape index (κ1) is 26.9. The van der Waals surface area contributed by atoms with Crippen LogP contribution in [0.3, 0.4) is 0 Å². The lowest BCUT2D eigenvalue weighted by Gasteiger charge is -2.22. The van der Waals surface area contributed by atoms with Crippen LogP contribution in [0, 0.1) is 11.8 Å². The van der Waals surface area contributed by atoms with Gasteiger partial charge in [0.05, 0.1) is 25.6 Å². The highest BCUT2D eigenvalue weighted by atomic mass is 31.2. The zero-order valence-electron chi connectivity index (χ0n) is 20.7. The number of hydroxylamine groups is 1. The summed E-state index contributed by atoms with van der Waals surface area (Å²) in [6, 6.07) is 8.58. The largest absolute Gasteiger partial charge is 0.432 e. The molecule has 0 saturated carbocycles. The van der Waals surface area contributed by atoms with E-state index in [0.29, 0.717) is 29.8 Å². The maximum atomic E-state index is 12.8. The van der Waals surface area contributed by atoms with Gasteiger partial charge in [0.25, 0.3) is 0 Å². The molecule has 0 fully saturated rings. The molecule has 0 aliphatic heterocycles. The third-order valence-electron chi connectivity index (χ3n) is 5.94. The van der Waals surface area contributed by atoms with Crippen molar-refractivity contribution in [3.05, 3.63) is 60.7 Å². The van der Waals surface area contributed by atoms with Crippen LogP contribution in [0.15, 0.2) is 55.1 Å². The van der Waals surface area contributed by atoms with E-state index in [0.717, 1.165) is 5.56 Å². The van der Waals surface area contributed by atoms with Gasteiger partial charge in [0.2, 0.25) is 5.91 Å². The summed E-state index contributed by atoms with van der Waals surface area (Å²) in [6.07, 6.45) is 7.90. The molecule has 1 aliphatic carbocycles. The van der Waals surface area contributed by atoms with Crippen molar-refractivity contribution in [3.63, 3.8) is 0 Å². The highest BCUT2D eigenvalue weighted by Gasteiger charge is 2.31. The summed E-state index contributed by atoms with van der Waals surface area (Å²) in [4.78, 5) is 41.1. The van der Waals surface area contributed by atoms with Crippen LogP contribution >= 0.6 is 7.75 Å². The van der Waals surface area contributed by atoms with Gasteiger partial charge in [-0.25, -0.2) is 19.5 Å². The fraction of sp³-hybridized carbons (Fsp3) is 0.417. The lowest BCUT2D eigenvalue weighted by atomic mass is 10.0. The first-order chi connectivity index (χ1) is 17.7. The Morgan fingerprint density at radius 3 is 2.78 bits per heavy atom. The summed E-state index contributed by atoms with van der Waals surface area (Å²) in [6.45, 7) is 4.09. The average Bonchev–Trinajstić information content (AvgIpc) is 3.50. The smallest absolute Gasteiger partial charge is 0.382 e. The molecule has 37 heavy (non-hydrogen) atoms. The molecule has 0 spiro atoms. The summed E-state index contributed by atoms with van der Waals surface area (Å²) >= 11 is 0. The zero-order chi connectivity index (χ0) is 26.4. The van der Waals surface area contributed by atoms with Crippen LogP contribution in [-0.2, 0) is 25.3 Å². The number of nitrogen functional groups attached to an aromatic ring is 1. The summed E-state index contributed by atoms with van der Waals surface area (Å²) < 4.78 is 19.8. The number of amides is 1. The molecule has 0 radical (unpaired) electrons. The molecule has 12 nitrogen and oxygen atoms in total. The predicted octanol–water partition coefficient (Wildman–Crippen LogP) is 2.89. The Morgan fingerprint density at radius 1 is 1.24 bits per heavy atom. The van der Waals surface area contributed by atoms with Crippen molar-refractivity contribution in [2.75, 3.05) is 12.3 Å². The number of imidazole rings is 1. The molecule has 3 aromatic rings. The molecular formula is C24H32N7O5P. The van der Waals surface area contributed by atoms with Crippen molar-refractivity contribution < 1.29 is 23.6 Å². The molecule has 0 bridgehead atoms. The van der Waals surface area contributed by atoms with Gasteiger partial charge in [-0.2, -0.15) is 5.48 Å². The minimum absolute atomic E-state index is 0.0441. The van der Waals surface area contributed by atoms with Gasteiger partial charge in [-0.1, -0.05) is 56.3 Å². The SMILES string of the molecule is CC(C)C[C@H](NOCc1ccccc1)C(=O)NP(=O)(O)OC[C@H]1C=C[C@@H](n2cnc3c(N)ncnc32)C1. The molecule has 1 aliphatic rings. The summed E-state index contributed by atoms with van der Waals surface area (Å²) in [5.41, 5.74) is 10.6. The van der Waals surface area contributed by atoms with Crippen molar-refractivity contribution >= 4 is 30.6 Å². The number of hydrogen-bond acceptors (Lipinski definition) is 9. The number of hydrogen-bond donors (Lipinski definition) is 4. The zero-order valence-corrected chi connectivity index (χ0v) is 21.6. The molecule has 0 saturated heterocycles. The maximum Gasteiger partial charge on any atom is 0.432 e. The fourth-order valence-corrected chi connectivity index (χ4v) is 5.01. The second-order valence-electron chi connectivity index (χ2n) is 9.40. The van der Waals surface area contributed by atoms with Gasteiger partial charge in [0, 0.05) is 5.92 Å². The van der Waals surface area contributed by atoms with Gasteiger partial charge < -0.3 is 15.2 Å². The molecule has 1 unspecified atom stereocenters. The van der Waals surface area contributed by atoms with E-state index in [4.69, 9.17) is 15.1 Å². The molecule has 5 N–H and O–H groups in total. The number of carbonyl (C=O) groups is 1. The highest BCUT2D eigenvalue weighted by Crippen LogP contribution is 2.40. The van der Waals surface area contributed by atoms with E-state index in [1.807, 2.05) is 60.9 Å². The predicted molar refractivity (Wildman–Crippen MR) is 138 cm³/mol. The second kappa shape index (κ2) is 11.9. The summed E-state index contributed by atoms with van der Waals surface area (Å²) in [7, 11) is -4.40. The monoisotopic (exact) mass is 529 g/mol. The van der Waals surface area contributed by atoms with E-state index in [-0.39, 0.29) is 31.1 Å². The third kappa shape index (κ3) is 7.21. The molecule has 1 aromatic carbocycles. The lowest BCUT2D eigenvalue weighted by molar-refractivity contribution is -0.127. The topological polar surface area (TPSA) is 167 Å². The quantitative estimate of drug-likeness (QED) is 0.156. The minimum Gasteiger partial charge on any atom is -0.382 e. The van der Waals surface area contributed by atoms with Crippen LogP contribution in [0.1, 0.15) is 38.3 Å². The molecule has 198 valence electrons. The normalized spacial score (nSPS) is 19.8. The number of carbonyl (C=O) groups excluding carboxylic acids is 1. The number of nitrogens with one attached hydrogen (secondary N) is 2. The number of fused-ring (bicyclic) bond motifs is 1. The number of anilines is 1. The first-order valence-corrected chi connectivity index (χ1v) is 13.6. The van der Waals surface area contributed by atoms with E-state index >= 15 is 0 Å². The van der Waals surface area contributed by atoms with Gasteiger partial charge in [0.15, 0.2) is 11.5 Å². The average molecular weight is 530 g/mol. The van der Waals surface area contributed by atoms with E-state index in [2.05, 4.69) is 25.5 Å². The van der Waals surface area contributed by atoms with Gasteiger partial charge >= 0.3 is 7.75 Å². The summed E-state index contributed by atoms with van der Waals surface area (Å²) in [5.74, 6) is -0.367. The van der Waals surface area contributed by atoms with Gasteiger partial charge in [0.1, 0.15) is 17.9 Å².